The molecule has 1 aliphatic heterocycles. The van der Waals surface area contributed by atoms with Crippen molar-refractivity contribution in [3.63, 3.8) is 0 Å². The summed E-state index contributed by atoms with van der Waals surface area (Å²) in [4.78, 5) is 31.2. The van der Waals surface area contributed by atoms with Crippen molar-refractivity contribution in [2.45, 2.75) is 38.0 Å². The first-order valence-corrected chi connectivity index (χ1v) is 12.2. The van der Waals surface area contributed by atoms with Crippen LogP contribution in [0.5, 0.6) is 5.75 Å². The van der Waals surface area contributed by atoms with E-state index in [1.807, 2.05) is 0 Å². The summed E-state index contributed by atoms with van der Waals surface area (Å²) < 4.78 is 45.0. The molecule has 3 amide bonds. The van der Waals surface area contributed by atoms with E-state index < -0.39 is 21.7 Å². The number of sulfone groups is 1. The maximum absolute atomic E-state index is 14.0. The van der Waals surface area contributed by atoms with Crippen LogP contribution >= 0.6 is 0 Å². The molecule has 1 aromatic heterocycles. The maximum Gasteiger partial charge on any atom is 0.324 e. The Morgan fingerprint density at radius 1 is 1.31 bits per heavy atom. The van der Waals surface area contributed by atoms with Crippen LogP contribution in [0.25, 0.3) is 0 Å². The maximum atomic E-state index is 14.0. The summed E-state index contributed by atoms with van der Waals surface area (Å²) in [5.74, 6) is -0.547. The number of amides is 3. The summed E-state index contributed by atoms with van der Waals surface area (Å²) in [7, 11) is -3.51. The van der Waals surface area contributed by atoms with Crippen LogP contribution in [0.4, 0.5) is 9.18 Å². The van der Waals surface area contributed by atoms with Crippen LogP contribution in [-0.4, -0.2) is 54.1 Å². The zero-order valence-electron chi connectivity index (χ0n) is 17.6. The number of aromatic amines is 1. The molecule has 172 valence electrons. The lowest BCUT2D eigenvalue weighted by Crippen LogP contribution is -2.28. The summed E-state index contributed by atoms with van der Waals surface area (Å²) in [5, 5.41) is 2.17. The zero-order chi connectivity index (χ0) is 22.9. The number of nitrogens with one attached hydrogen (secondary N) is 2. The molecule has 2 N–H and O–H groups in total. The smallest absolute Gasteiger partial charge is 0.324 e. The van der Waals surface area contributed by atoms with Crippen molar-refractivity contribution in [1.82, 2.24) is 20.2 Å². The highest BCUT2D eigenvalue weighted by Crippen LogP contribution is 2.31. The van der Waals surface area contributed by atoms with Crippen LogP contribution in [-0.2, 0) is 26.9 Å². The Kier molecular flexibility index (Phi) is 6.18. The Bertz CT molecular complexity index is 1130. The van der Waals surface area contributed by atoms with Crippen molar-refractivity contribution in [3.8, 4) is 5.75 Å². The number of imidazole rings is 1. The van der Waals surface area contributed by atoms with E-state index in [0.717, 1.165) is 12.8 Å². The number of hydrogen-bond donors (Lipinski definition) is 2. The number of carbonyl (C=O) groups excluding carboxylic acids is 2. The number of ether oxygens (including phenoxy) is 1. The first-order valence-electron chi connectivity index (χ1n) is 10.4. The van der Waals surface area contributed by atoms with Gasteiger partial charge < -0.3 is 14.6 Å². The minimum atomic E-state index is -3.51. The Labute approximate surface area is 185 Å². The Hall–Kier alpha value is -2.95. The number of carbonyl (C=O) groups is 2. The van der Waals surface area contributed by atoms with Gasteiger partial charge in [0.2, 0.25) is 5.91 Å². The minimum absolute atomic E-state index is 0.0608. The lowest BCUT2D eigenvalue weighted by molar-refractivity contribution is -0.118. The number of imide groups is 1. The fourth-order valence-electron chi connectivity index (χ4n) is 3.55. The van der Waals surface area contributed by atoms with Gasteiger partial charge in [0.25, 0.3) is 0 Å². The number of H-pyrrole nitrogens is 1. The number of rotatable bonds is 10. The summed E-state index contributed by atoms with van der Waals surface area (Å²) in [6.07, 6.45) is 3.60. The molecule has 0 spiro atoms. The van der Waals surface area contributed by atoms with E-state index in [4.69, 9.17) is 4.74 Å². The highest BCUT2D eigenvalue weighted by Gasteiger charge is 2.28. The van der Waals surface area contributed by atoms with Gasteiger partial charge in [-0.3, -0.25) is 10.1 Å². The van der Waals surface area contributed by atoms with Crippen molar-refractivity contribution >= 4 is 21.8 Å². The van der Waals surface area contributed by atoms with Crippen LogP contribution in [0.15, 0.2) is 24.4 Å². The standard InChI is InChI=1S/C21H25FN4O5S/c1-13(15-4-5-17(22)18(6-15)31-10-14-2-3-14)11-32(29,30)12-16-7-23-19(24-16)8-26-9-20(27)25-21(26)28/h4-7,13-14H,2-3,8-12H2,1H3,(H,23,24)(H,25,27,28)/t13-/m0/s1. The number of halogens is 1. The van der Waals surface area contributed by atoms with Gasteiger partial charge >= 0.3 is 6.03 Å². The summed E-state index contributed by atoms with van der Waals surface area (Å²) >= 11 is 0. The van der Waals surface area contributed by atoms with Crippen molar-refractivity contribution < 1.29 is 27.1 Å². The van der Waals surface area contributed by atoms with Crippen molar-refractivity contribution in [2.75, 3.05) is 18.9 Å². The van der Waals surface area contributed by atoms with Gasteiger partial charge in [-0.05, 0) is 42.4 Å². The van der Waals surface area contributed by atoms with Gasteiger partial charge in [0.15, 0.2) is 21.4 Å². The van der Waals surface area contributed by atoms with Gasteiger partial charge in [-0.15, -0.1) is 0 Å². The Balaban J connectivity index is 1.36. The van der Waals surface area contributed by atoms with Crippen LogP contribution in [0.2, 0.25) is 0 Å². The molecule has 0 radical (unpaired) electrons. The van der Waals surface area contributed by atoms with Crippen LogP contribution in [0.3, 0.4) is 0 Å². The van der Waals surface area contributed by atoms with Crippen LogP contribution in [0, 0.1) is 11.7 Å². The van der Waals surface area contributed by atoms with Gasteiger partial charge in [-0.1, -0.05) is 13.0 Å². The van der Waals surface area contributed by atoms with E-state index in [1.165, 1.54) is 17.2 Å². The SMILES string of the molecule is C[C@@H](CS(=O)(=O)Cc1cnc(CN2CC(=O)NC2=O)[nH]1)c1ccc(F)c(OCC2CC2)c1. The monoisotopic (exact) mass is 464 g/mol. The molecule has 4 rings (SSSR count). The van der Waals surface area contributed by atoms with Gasteiger partial charge in [0, 0.05) is 11.9 Å². The highest BCUT2D eigenvalue weighted by atomic mass is 32.2. The van der Waals surface area contributed by atoms with E-state index in [2.05, 4.69) is 15.3 Å². The molecule has 9 nitrogen and oxygen atoms in total. The first-order chi connectivity index (χ1) is 15.2. The number of benzene rings is 1. The predicted molar refractivity (Wildman–Crippen MR) is 113 cm³/mol. The van der Waals surface area contributed by atoms with Gasteiger partial charge in [0.05, 0.1) is 24.7 Å². The van der Waals surface area contributed by atoms with Gasteiger partial charge in [0.1, 0.15) is 12.4 Å². The molecular formula is C21H25FN4O5S. The highest BCUT2D eigenvalue weighted by molar-refractivity contribution is 7.90. The van der Waals surface area contributed by atoms with E-state index in [0.29, 0.717) is 29.6 Å². The average molecular weight is 465 g/mol. The second-order valence-corrected chi connectivity index (χ2v) is 10.6. The second kappa shape index (κ2) is 8.89. The topological polar surface area (TPSA) is 121 Å². The lowest BCUT2D eigenvalue weighted by atomic mass is 10.0. The molecule has 1 aromatic carbocycles. The summed E-state index contributed by atoms with van der Waals surface area (Å²) in [6.45, 7) is 2.27. The molecular weight excluding hydrogens is 439 g/mol. The van der Waals surface area contributed by atoms with Crippen LogP contribution < -0.4 is 10.1 Å². The van der Waals surface area contributed by atoms with Crippen molar-refractivity contribution in [3.05, 3.63) is 47.3 Å². The molecule has 2 aliphatic rings. The first kappa shape index (κ1) is 22.3. The number of nitrogens with zero attached hydrogens (tertiary/aromatic N) is 2. The fourth-order valence-corrected chi connectivity index (χ4v) is 5.25. The van der Waals surface area contributed by atoms with E-state index in [9.17, 15) is 22.4 Å². The third-order valence-electron chi connectivity index (χ3n) is 5.46. The molecule has 2 aromatic rings. The van der Waals surface area contributed by atoms with E-state index in [1.54, 1.807) is 19.1 Å². The fraction of sp³-hybridized carbons (Fsp3) is 0.476. The zero-order valence-corrected chi connectivity index (χ0v) is 18.5. The lowest BCUT2D eigenvalue weighted by Gasteiger charge is -2.14. The van der Waals surface area contributed by atoms with E-state index in [-0.39, 0.29) is 42.2 Å². The van der Waals surface area contributed by atoms with Crippen molar-refractivity contribution in [2.24, 2.45) is 5.92 Å². The van der Waals surface area contributed by atoms with Crippen molar-refractivity contribution in [1.29, 1.82) is 0 Å². The molecule has 11 heteroatoms. The quantitative estimate of drug-likeness (QED) is 0.520. The van der Waals surface area contributed by atoms with Crippen LogP contribution in [0.1, 0.15) is 42.8 Å². The van der Waals surface area contributed by atoms with E-state index >= 15 is 0 Å². The largest absolute Gasteiger partial charge is 0.490 e. The molecule has 1 saturated carbocycles. The molecule has 2 heterocycles. The molecule has 2 fully saturated rings. The minimum Gasteiger partial charge on any atom is -0.490 e. The average Bonchev–Trinajstić information content (AvgIpc) is 3.36. The summed E-state index contributed by atoms with van der Waals surface area (Å²) in [5.41, 5.74) is 1.08. The molecule has 0 unspecified atom stereocenters. The number of aromatic nitrogens is 2. The third-order valence-corrected chi connectivity index (χ3v) is 7.22. The molecule has 32 heavy (non-hydrogen) atoms. The number of hydrogen-bond acceptors (Lipinski definition) is 6. The molecule has 0 bridgehead atoms. The molecule has 1 saturated heterocycles. The predicted octanol–water partition coefficient (Wildman–Crippen LogP) is 2.11. The Morgan fingerprint density at radius 2 is 2.09 bits per heavy atom. The third kappa shape index (κ3) is 5.64. The molecule has 1 aliphatic carbocycles. The summed E-state index contributed by atoms with van der Waals surface area (Å²) in [6, 6.07) is 3.96. The molecule has 1 atom stereocenters. The number of urea groups is 1. The normalized spacial score (nSPS) is 17.5. The second-order valence-electron chi connectivity index (χ2n) is 8.46. The Morgan fingerprint density at radius 3 is 2.78 bits per heavy atom. The van der Waals surface area contributed by atoms with Gasteiger partial charge in [-0.2, -0.15) is 0 Å². The van der Waals surface area contributed by atoms with Gasteiger partial charge in [-0.25, -0.2) is 22.6 Å².